The van der Waals surface area contributed by atoms with Crippen LogP contribution in [-0.2, 0) is 11.3 Å². The summed E-state index contributed by atoms with van der Waals surface area (Å²) in [7, 11) is 1.51. The molecule has 2 aromatic carbocycles. The number of ether oxygens (including phenoxy) is 2. The molecule has 190 valence electrons. The predicted molar refractivity (Wildman–Crippen MR) is 129 cm³/mol. The van der Waals surface area contributed by atoms with E-state index in [2.05, 4.69) is 10.4 Å². The van der Waals surface area contributed by atoms with Gasteiger partial charge in [-0.15, -0.1) is 0 Å². The first-order valence-corrected chi connectivity index (χ1v) is 11.3. The van der Waals surface area contributed by atoms with Gasteiger partial charge in [-0.2, -0.15) is 5.10 Å². The number of nitrogens with two attached hydrogens (primary N) is 2. The molecule has 0 spiro atoms. The van der Waals surface area contributed by atoms with Crippen molar-refractivity contribution in [1.29, 1.82) is 0 Å². The monoisotopic (exact) mass is 499 g/mol. The number of methoxy groups -OCH3 is 1. The largest absolute Gasteiger partial charge is 0.496 e. The van der Waals surface area contributed by atoms with Crippen molar-refractivity contribution >= 4 is 17.5 Å². The lowest BCUT2D eigenvalue weighted by atomic mass is 10.0. The number of nitrogens with one attached hydrogen (secondary N) is 1. The number of benzene rings is 2. The van der Waals surface area contributed by atoms with Crippen molar-refractivity contribution in [2.75, 3.05) is 32.6 Å². The van der Waals surface area contributed by atoms with Crippen molar-refractivity contribution < 1.29 is 27.8 Å². The maximum absolute atomic E-state index is 14.5. The van der Waals surface area contributed by atoms with Gasteiger partial charge < -0.3 is 26.3 Å². The standard InChI is InChI=1S/C25H27F2N5O4/c1-35-19-5-3-2-4-17(19)18(33)13-30-12-15-6-8-16(9-7-15)22-21(24(29)34)23(28)32(31-22)20-10-11-36-14-25(20,26)27/h2-9,20,30H,10-14,28H2,1H3,(H2,29,34). The number of halogens is 2. The molecule has 3 aromatic rings. The molecule has 11 heteroatoms. The Morgan fingerprint density at radius 1 is 1.22 bits per heavy atom. The Kier molecular flexibility index (Phi) is 7.32. The van der Waals surface area contributed by atoms with E-state index < -0.39 is 24.5 Å². The van der Waals surface area contributed by atoms with E-state index in [1.54, 1.807) is 48.5 Å². The number of aromatic nitrogens is 2. The van der Waals surface area contributed by atoms with Gasteiger partial charge in [0.25, 0.3) is 11.8 Å². The molecular formula is C25H27F2N5O4. The van der Waals surface area contributed by atoms with E-state index in [0.29, 0.717) is 23.4 Å². The molecular weight excluding hydrogens is 472 g/mol. The number of carbonyl (C=O) groups excluding carboxylic acids is 2. The van der Waals surface area contributed by atoms with Gasteiger partial charge in [-0.05, 0) is 24.1 Å². The number of rotatable bonds is 9. The lowest BCUT2D eigenvalue weighted by Gasteiger charge is -2.31. The first kappa shape index (κ1) is 25.3. The number of Topliss-reactive ketones (excluding diaryl/α,β-unsaturated/α-hetero) is 1. The third-order valence-electron chi connectivity index (χ3n) is 6.06. The minimum absolute atomic E-state index is 0.00525. The van der Waals surface area contributed by atoms with Crippen molar-refractivity contribution in [2.24, 2.45) is 5.73 Å². The van der Waals surface area contributed by atoms with E-state index in [1.165, 1.54) is 7.11 Å². The molecule has 1 aliphatic heterocycles. The highest BCUT2D eigenvalue weighted by molar-refractivity contribution is 6.03. The first-order chi connectivity index (χ1) is 17.2. The third-order valence-corrected chi connectivity index (χ3v) is 6.06. The number of para-hydroxylation sites is 1. The van der Waals surface area contributed by atoms with E-state index in [0.717, 1.165) is 10.2 Å². The average molecular weight is 500 g/mol. The molecule has 9 nitrogen and oxygen atoms in total. The molecule has 1 aromatic heterocycles. The Hall–Kier alpha value is -3.83. The summed E-state index contributed by atoms with van der Waals surface area (Å²) in [6, 6.07) is 12.6. The highest BCUT2D eigenvalue weighted by Crippen LogP contribution is 2.39. The van der Waals surface area contributed by atoms with Crippen molar-refractivity contribution in [3.63, 3.8) is 0 Å². The second-order valence-electron chi connectivity index (χ2n) is 8.46. The fourth-order valence-corrected chi connectivity index (χ4v) is 4.21. The molecule has 4 rings (SSSR count). The number of hydrogen-bond donors (Lipinski definition) is 3. The van der Waals surface area contributed by atoms with Crippen LogP contribution in [-0.4, -0.2) is 54.3 Å². The third kappa shape index (κ3) is 5.07. The summed E-state index contributed by atoms with van der Waals surface area (Å²) >= 11 is 0. The smallest absolute Gasteiger partial charge is 0.293 e. The van der Waals surface area contributed by atoms with Gasteiger partial charge in [-0.1, -0.05) is 36.4 Å². The minimum Gasteiger partial charge on any atom is -0.496 e. The van der Waals surface area contributed by atoms with Crippen molar-refractivity contribution in [2.45, 2.75) is 24.9 Å². The first-order valence-electron chi connectivity index (χ1n) is 11.3. The Morgan fingerprint density at radius 3 is 2.61 bits per heavy atom. The number of anilines is 1. The number of nitrogen functional groups attached to an aromatic ring is 1. The maximum Gasteiger partial charge on any atom is 0.293 e. The average Bonchev–Trinajstić information content (AvgIpc) is 3.21. The summed E-state index contributed by atoms with van der Waals surface area (Å²) in [5.74, 6) is -3.85. The van der Waals surface area contributed by atoms with Crippen LogP contribution >= 0.6 is 0 Å². The molecule has 0 aliphatic carbocycles. The molecule has 1 saturated heterocycles. The van der Waals surface area contributed by atoms with Crippen LogP contribution in [0.1, 0.15) is 38.7 Å². The summed E-state index contributed by atoms with van der Waals surface area (Å²) in [6.45, 7) is -0.121. The fraction of sp³-hybridized carbons (Fsp3) is 0.320. The van der Waals surface area contributed by atoms with Crippen molar-refractivity contribution in [1.82, 2.24) is 15.1 Å². The summed E-state index contributed by atoms with van der Waals surface area (Å²) in [5, 5.41) is 7.36. The van der Waals surface area contributed by atoms with Crippen LogP contribution < -0.4 is 21.5 Å². The van der Waals surface area contributed by atoms with Gasteiger partial charge >= 0.3 is 0 Å². The number of ketones is 1. The lowest BCUT2D eigenvalue weighted by Crippen LogP contribution is -2.41. The zero-order chi connectivity index (χ0) is 25.9. The molecule has 2 heterocycles. The molecule has 0 saturated carbocycles. The molecule has 1 amide bonds. The summed E-state index contributed by atoms with van der Waals surface area (Å²) in [4.78, 5) is 24.6. The number of alkyl halides is 2. The van der Waals surface area contributed by atoms with Crippen LogP contribution in [0.15, 0.2) is 48.5 Å². The number of carbonyl (C=O) groups is 2. The highest BCUT2D eigenvalue weighted by atomic mass is 19.3. The lowest BCUT2D eigenvalue weighted by molar-refractivity contribution is -0.149. The van der Waals surface area contributed by atoms with Crippen LogP contribution in [0.3, 0.4) is 0 Å². The molecule has 0 bridgehead atoms. The molecule has 1 unspecified atom stereocenters. The van der Waals surface area contributed by atoms with Gasteiger partial charge in [-0.3, -0.25) is 9.59 Å². The van der Waals surface area contributed by atoms with Crippen LogP contribution in [0.4, 0.5) is 14.6 Å². The van der Waals surface area contributed by atoms with E-state index >= 15 is 0 Å². The Labute approximate surface area is 206 Å². The predicted octanol–water partition coefficient (Wildman–Crippen LogP) is 2.81. The van der Waals surface area contributed by atoms with E-state index in [1.807, 2.05) is 0 Å². The second kappa shape index (κ2) is 10.4. The quantitative estimate of drug-likeness (QED) is 0.386. The highest BCUT2D eigenvalue weighted by Gasteiger charge is 2.46. The topological polar surface area (TPSA) is 134 Å². The molecule has 36 heavy (non-hydrogen) atoms. The Balaban J connectivity index is 1.49. The molecule has 1 atom stereocenters. The van der Waals surface area contributed by atoms with Crippen molar-refractivity contribution in [3.8, 4) is 17.0 Å². The molecule has 1 fully saturated rings. The second-order valence-corrected chi connectivity index (χ2v) is 8.46. The van der Waals surface area contributed by atoms with E-state index in [9.17, 15) is 18.4 Å². The Bertz CT molecular complexity index is 1260. The molecule has 0 radical (unpaired) electrons. The zero-order valence-electron chi connectivity index (χ0n) is 19.7. The summed E-state index contributed by atoms with van der Waals surface area (Å²) < 4.78 is 40.0. The number of amides is 1. The number of hydrogen-bond acceptors (Lipinski definition) is 7. The maximum atomic E-state index is 14.5. The van der Waals surface area contributed by atoms with E-state index in [4.69, 9.17) is 20.9 Å². The zero-order valence-corrected chi connectivity index (χ0v) is 19.7. The van der Waals surface area contributed by atoms with Crippen LogP contribution in [0.5, 0.6) is 5.75 Å². The van der Waals surface area contributed by atoms with Crippen LogP contribution in [0.2, 0.25) is 0 Å². The number of primary amides is 1. The van der Waals surface area contributed by atoms with Gasteiger partial charge in [0.1, 0.15) is 35.5 Å². The van der Waals surface area contributed by atoms with Gasteiger partial charge in [0, 0.05) is 18.7 Å². The number of nitrogens with zero attached hydrogens (tertiary/aromatic N) is 2. The summed E-state index contributed by atoms with van der Waals surface area (Å²) in [5.41, 5.74) is 13.5. The van der Waals surface area contributed by atoms with E-state index in [-0.39, 0.29) is 42.4 Å². The Morgan fingerprint density at radius 2 is 1.94 bits per heavy atom. The fourth-order valence-electron chi connectivity index (χ4n) is 4.21. The molecule has 1 aliphatic rings. The SMILES string of the molecule is COc1ccccc1C(=O)CNCc1ccc(-c2nn(C3CCOCC3(F)F)c(N)c2C(N)=O)cc1. The summed E-state index contributed by atoms with van der Waals surface area (Å²) in [6.07, 6.45) is -0.00525. The molecule has 5 N–H and O–H groups in total. The van der Waals surface area contributed by atoms with Gasteiger partial charge in [-0.25, -0.2) is 13.5 Å². The van der Waals surface area contributed by atoms with Gasteiger partial charge in [0.05, 0.1) is 19.2 Å². The minimum atomic E-state index is -3.19. The van der Waals surface area contributed by atoms with Gasteiger partial charge in [0.15, 0.2) is 5.78 Å². The van der Waals surface area contributed by atoms with Crippen LogP contribution in [0, 0.1) is 0 Å². The normalized spacial score (nSPS) is 17.0. The van der Waals surface area contributed by atoms with Crippen molar-refractivity contribution in [3.05, 3.63) is 65.2 Å². The van der Waals surface area contributed by atoms with Gasteiger partial charge in [0.2, 0.25) is 0 Å². The van der Waals surface area contributed by atoms with Crippen LogP contribution in [0.25, 0.3) is 11.3 Å².